The highest BCUT2D eigenvalue weighted by atomic mass is 16.5. The van der Waals surface area contributed by atoms with Gasteiger partial charge in [0.2, 0.25) is 0 Å². The molecule has 7 heteroatoms. The Labute approximate surface area is 121 Å². The highest BCUT2D eigenvalue weighted by molar-refractivity contribution is 5.86. The largest absolute Gasteiger partial charge is 0.477 e. The normalized spacial score (nSPS) is 21.1. The van der Waals surface area contributed by atoms with Gasteiger partial charge >= 0.3 is 11.7 Å². The highest BCUT2D eigenvalue weighted by Crippen LogP contribution is 2.36. The molecule has 1 aliphatic heterocycles. The van der Waals surface area contributed by atoms with Crippen molar-refractivity contribution < 1.29 is 14.6 Å². The van der Waals surface area contributed by atoms with Crippen LogP contribution in [-0.4, -0.2) is 32.8 Å². The molecular formula is C14H20N2O5. The van der Waals surface area contributed by atoms with E-state index in [1.807, 2.05) is 13.8 Å². The van der Waals surface area contributed by atoms with Crippen LogP contribution < -0.4 is 11.2 Å². The fraction of sp³-hybridized carbons (Fsp3) is 0.643. The van der Waals surface area contributed by atoms with E-state index in [2.05, 4.69) is 4.98 Å². The summed E-state index contributed by atoms with van der Waals surface area (Å²) in [5, 5.41) is 9.01. The molecule has 0 bridgehead atoms. The van der Waals surface area contributed by atoms with Crippen LogP contribution in [0.15, 0.2) is 15.8 Å². The third-order valence-electron chi connectivity index (χ3n) is 4.35. The monoisotopic (exact) mass is 296 g/mol. The van der Waals surface area contributed by atoms with Crippen LogP contribution in [0.4, 0.5) is 0 Å². The summed E-state index contributed by atoms with van der Waals surface area (Å²) in [6.45, 7) is 4.58. The predicted octanol–water partition coefficient (Wildman–Crippen LogP) is 1.15. The van der Waals surface area contributed by atoms with Gasteiger partial charge in [-0.05, 0) is 25.7 Å². The van der Waals surface area contributed by atoms with Gasteiger partial charge < -0.3 is 9.84 Å². The van der Waals surface area contributed by atoms with Crippen LogP contribution >= 0.6 is 0 Å². The zero-order valence-electron chi connectivity index (χ0n) is 12.2. The van der Waals surface area contributed by atoms with Crippen molar-refractivity contribution in [3.63, 3.8) is 0 Å². The Hall–Kier alpha value is -1.89. The molecule has 116 valence electrons. The third-order valence-corrected chi connectivity index (χ3v) is 4.35. The van der Waals surface area contributed by atoms with Crippen molar-refractivity contribution in [1.29, 1.82) is 0 Å². The molecule has 0 aromatic carbocycles. The van der Waals surface area contributed by atoms with Gasteiger partial charge in [-0.1, -0.05) is 13.8 Å². The molecule has 1 atom stereocenters. The number of rotatable bonds is 4. The molecule has 7 nitrogen and oxygen atoms in total. The van der Waals surface area contributed by atoms with Crippen molar-refractivity contribution in [2.45, 2.75) is 51.2 Å². The highest BCUT2D eigenvalue weighted by Gasteiger charge is 2.35. The Morgan fingerprint density at radius 2 is 2.14 bits per heavy atom. The summed E-state index contributed by atoms with van der Waals surface area (Å²) < 4.78 is 7.18. The Morgan fingerprint density at radius 3 is 2.71 bits per heavy atom. The maximum absolute atomic E-state index is 12.0. The van der Waals surface area contributed by atoms with Crippen molar-refractivity contribution in [2.24, 2.45) is 0 Å². The molecule has 0 saturated carbocycles. The van der Waals surface area contributed by atoms with E-state index in [0.717, 1.165) is 19.0 Å². The summed E-state index contributed by atoms with van der Waals surface area (Å²) in [5.41, 5.74) is -2.15. The van der Waals surface area contributed by atoms with Crippen molar-refractivity contribution >= 4 is 5.97 Å². The van der Waals surface area contributed by atoms with Gasteiger partial charge in [0.25, 0.3) is 5.56 Å². The van der Waals surface area contributed by atoms with Crippen LogP contribution in [0.1, 0.15) is 55.9 Å². The quantitative estimate of drug-likeness (QED) is 0.867. The lowest BCUT2D eigenvalue weighted by Crippen LogP contribution is -2.43. The number of hydrogen-bond acceptors (Lipinski definition) is 4. The zero-order valence-corrected chi connectivity index (χ0v) is 12.2. The first kappa shape index (κ1) is 15.5. The maximum atomic E-state index is 12.0. The van der Waals surface area contributed by atoms with Gasteiger partial charge in [-0.3, -0.25) is 14.3 Å². The number of H-pyrrole nitrogens is 1. The number of aromatic amines is 1. The molecule has 1 aromatic rings. The van der Waals surface area contributed by atoms with Gasteiger partial charge in [-0.15, -0.1) is 0 Å². The average Bonchev–Trinajstić information content (AvgIpc) is 2.47. The number of aromatic nitrogens is 2. The lowest BCUT2D eigenvalue weighted by atomic mass is 9.86. The van der Waals surface area contributed by atoms with Gasteiger partial charge in [-0.25, -0.2) is 9.59 Å². The number of aromatic carboxylic acids is 1. The molecule has 1 aromatic heterocycles. The summed E-state index contributed by atoms with van der Waals surface area (Å²) in [5.74, 6) is -1.34. The fourth-order valence-electron chi connectivity index (χ4n) is 2.89. The summed E-state index contributed by atoms with van der Waals surface area (Å²) in [6.07, 6.45) is 4.04. The maximum Gasteiger partial charge on any atom is 0.342 e. The van der Waals surface area contributed by atoms with Crippen LogP contribution in [0.3, 0.4) is 0 Å². The number of nitrogens with one attached hydrogen (secondary N) is 1. The van der Waals surface area contributed by atoms with Crippen molar-refractivity contribution in [3.05, 3.63) is 32.6 Å². The second-order valence-electron chi connectivity index (χ2n) is 5.40. The van der Waals surface area contributed by atoms with E-state index in [1.54, 1.807) is 0 Å². The standard InChI is InChI=1S/C14H20N2O5/c1-3-14(4-2)7-9(5-6-21-14)16-8-10(12(18)19)11(17)15-13(16)20/h8-9H,3-7H2,1-2H3,(H,18,19)(H,15,17,20). The topological polar surface area (TPSA) is 101 Å². The first-order chi connectivity index (χ1) is 9.92. The molecule has 21 heavy (non-hydrogen) atoms. The van der Waals surface area contributed by atoms with Crippen molar-refractivity contribution in [2.75, 3.05) is 6.61 Å². The van der Waals surface area contributed by atoms with E-state index in [0.29, 0.717) is 19.4 Å². The smallest absolute Gasteiger partial charge is 0.342 e. The minimum absolute atomic E-state index is 0.166. The van der Waals surface area contributed by atoms with Crippen LogP contribution in [-0.2, 0) is 4.74 Å². The second-order valence-corrected chi connectivity index (χ2v) is 5.40. The van der Waals surface area contributed by atoms with Gasteiger partial charge in [-0.2, -0.15) is 0 Å². The Morgan fingerprint density at radius 1 is 1.48 bits per heavy atom. The molecule has 1 saturated heterocycles. The molecule has 0 amide bonds. The molecule has 0 spiro atoms. The number of carboxylic acids is 1. The SMILES string of the molecule is CCC1(CC)CC(n2cc(C(=O)O)c(=O)[nH]c2=O)CCO1. The van der Waals surface area contributed by atoms with E-state index in [1.165, 1.54) is 4.57 Å². The van der Waals surface area contributed by atoms with Crippen LogP contribution in [0, 0.1) is 0 Å². The fourth-order valence-corrected chi connectivity index (χ4v) is 2.89. The molecule has 1 unspecified atom stereocenters. The van der Waals surface area contributed by atoms with Crippen LogP contribution in [0.25, 0.3) is 0 Å². The van der Waals surface area contributed by atoms with E-state index in [9.17, 15) is 14.4 Å². The molecule has 2 heterocycles. The van der Waals surface area contributed by atoms with Crippen LogP contribution in [0.2, 0.25) is 0 Å². The lowest BCUT2D eigenvalue weighted by molar-refractivity contribution is -0.0992. The molecule has 2 rings (SSSR count). The van der Waals surface area contributed by atoms with Crippen LogP contribution in [0.5, 0.6) is 0 Å². The number of nitrogens with zero attached hydrogens (tertiary/aromatic N) is 1. The summed E-state index contributed by atoms with van der Waals surface area (Å²) >= 11 is 0. The first-order valence-corrected chi connectivity index (χ1v) is 7.15. The Balaban J connectivity index is 2.42. The molecule has 0 aliphatic carbocycles. The minimum atomic E-state index is -1.34. The predicted molar refractivity (Wildman–Crippen MR) is 75.8 cm³/mol. The molecule has 1 fully saturated rings. The Bertz CT molecular complexity index is 641. The summed E-state index contributed by atoms with van der Waals surface area (Å²) in [6, 6.07) is -0.166. The van der Waals surface area contributed by atoms with E-state index >= 15 is 0 Å². The lowest BCUT2D eigenvalue weighted by Gasteiger charge is -2.40. The molecule has 2 N–H and O–H groups in total. The number of carboxylic acid groups (broad SMARTS) is 1. The van der Waals surface area contributed by atoms with Crippen molar-refractivity contribution in [1.82, 2.24) is 9.55 Å². The first-order valence-electron chi connectivity index (χ1n) is 7.15. The van der Waals surface area contributed by atoms with E-state index < -0.39 is 22.8 Å². The van der Waals surface area contributed by atoms with E-state index in [4.69, 9.17) is 9.84 Å². The third kappa shape index (κ3) is 2.92. The molecular weight excluding hydrogens is 276 g/mol. The van der Waals surface area contributed by atoms with Gasteiger partial charge in [0.05, 0.1) is 5.60 Å². The second kappa shape index (κ2) is 5.85. The van der Waals surface area contributed by atoms with Gasteiger partial charge in [0.15, 0.2) is 0 Å². The average molecular weight is 296 g/mol. The summed E-state index contributed by atoms with van der Waals surface area (Å²) in [7, 11) is 0. The molecule has 0 radical (unpaired) electrons. The number of ether oxygens (including phenoxy) is 1. The van der Waals surface area contributed by atoms with Gasteiger partial charge in [0.1, 0.15) is 5.56 Å². The van der Waals surface area contributed by atoms with E-state index in [-0.39, 0.29) is 11.6 Å². The number of carbonyl (C=O) groups is 1. The van der Waals surface area contributed by atoms with Crippen molar-refractivity contribution in [3.8, 4) is 0 Å². The number of hydrogen-bond donors (Lipinski definition) is 2. The van der Waals surface area contributed by atoms with Gasteiger partial charge in [0, 0.05) is 18.8 Å². The minimum Gasteiger partial charge on any atom is -0.477 e. The molecule has 1 aliphatic rings. The zero-order chi connectivity index (χ0) is 15.6. The summed E-state index contributed by atoms with van der Waals surface area (Å²) in [4.78, 5) is 36.6. The Kier molecular flexibility index (Phi) is 4.32.